The number of rotatable bonds is 5. The molecule has 1 N–H and O–H groups in total. The van der Waals surface area contributed by atoms with Gasteiger partial charge < -0.3 is 0 Å². The molecule has 4 heteroatoms. The highest BCUT2D eigenvalue weighted by molar-refractivity contribution is 7.90. The number of aryl methyl sites for hydroxylation is 1. The van der Waals surface area contributed by atoms with Crippen molar-refractivity contribution in [2.24, 2.45) is 0 Å². The zero-order valence-corrected chi connectivity index (χ0v) is 10.8. The summed E-state index contributed by atoms with van der Waals surface area (Å²) < 4.78 is 25.6. The first kappa shape index (κ1) is 13.2. The van der Waals surface area contributed by atoms with Crippen LogP contribution in [0.2, 0.25) is 0 Å². The van der Waals surface area contributed by atoms with Gasteiger partial charge in [0.05, 0.1) is 5.25 Å². The minimum absolute atomic E-state index is 0.371. The summed E-state index contributed by atoms with van der Waals surface area (Å²) in [5.74, 6) is 0. The lowest BCUT2D eigenvalue weighted by atomic mass is 10.1. The maximum atomic E-state index is 11.5. The summed E-state index contributed by atoms with van der Waals surface area (Å²) in [4.78, 5) is 0. The Balaban J connectivity index is 2.52. The van der Waals surface area contributed by atoms with E-state index in [1.807, 2.05) is 31.2 Å². The predicted molar refractivity (Wildman–Crippen MR) is 66.9 cm³/mol. The molecule has 0 heterocycles. The second kappa shape index (κ2) is 5.46. The van der Waals surface area contributed by atoms with Gasteiger partial charge in [0.15, 0.2) is 0 Å². The summed E-state index contributed by atoms with van der Waals surface area (Å²) in [6, 6.07) is 8.02. The van der Waals surface area contributed by atoms with Crippen LogP contribution in [0.15, 0.2) is 24.3 Å². The monoisotopic (exact) mass is 241 g/mol. The van der Waals surface area contributed by atoms with Gasteiger partial charge in [-0.3, -0.25) is 0 Å². The van der Waals surface area contributed by atoms with Gasteiger partial charge in [0.1, 0.15) is 0 Å². The maximum Gasteiger partial charge on any atom is 0.213 e. The third kappa shape index (κ3) is 3.61. The van der Waals surface area contributed by atoms with Crippen LogP contribution in [0.4, 0.5) is 0 Å². The lowest BCUT2D eigenvalue weighted by Crippen LogP contribution is -2.32. The van der Waals surface area contributed by atoms with E-state index in [1.165, 1.54) is 11.1 Å². The van der Waals surface area contributed by atoms with Gasteiger partial charge in [-0.2, -0.15) is 0 Å². The van der Waals surface area contributed by atoms with E-state index in [2.05, 4.69) is 4.72 Å². The summed E-state index contributed by atoms with van der Waals surface area (Å²) in [7, 11) is -3.13. The Labute approximate surface area is 97.9 Å². The van der Waals surface area contributed by atoms with E-state index in [0.29, 0.717) is 6.54 Å². The first-order valence-corrected chi connectivity index (χ1v) is 7.01. The Kier molecular flexibility index (Phi) is 4.50. The van der Waals surface area contributed by atoms with E-state index >= 15 is 0 Å². The van der Waals surface area contributed by atoms with Crippen molar-refractivity contribution in [2.75, 3.05) is 6.54 Å². The van der Waals surface area contributed by atoms with Crippen LogP contribution in [-0.4, -0.2) is 20.2 Å². The lowest BCUT2D eigenvalue weighted by Gasteiger charge is -2.10. The van der Waals surface area contributed by atoms with Crippen molar-refractivity contribution in [1.29, 1.82) is 0 Å². The fraction of sp³-hybridized carbons (Fsp3) is 0.500. The molecule has 0 atom stereocenters. The van der Waals surface area contributed by atoms with E-state index < -0.39 is 10.0 Å². The first-order valence-electron chi connectivity index (χ1n) is 5.46. The molecule has 0 unspecified atom stereocenters. The molecular formula is C12H19NO2S. The highest BCUT2D eigenvalue weighted by Crippen LogP contribution is 2.07. The van der Waals surface area contributed by atoms with Crippen LogP contribution in [0, 0.1) is 6.92 Å². The Morgan fingerprint density at radius 1 is 1.25 bits per heavy atom. The van der Waals surface area contributed by atoms with Gasteiger partial charge >= 0.3 is 0 Å². The van der Waals surface area contributed by atoms with Crippen molar-refractivity contribution in [3.05, 3.63) is 35.4 Å². The zero-order chi connectivity index (χ0) is 12.2. The molecule has 0 amide bonds. The molecule has 0 spiro atoms. The molecule has 0 saturated heterocycles. The molecule has 1 rings (SSSR count). The maximum absolute atomic E-state index is 11.5. The quantitative estimate of drug-likeness (QED) is 0.855. The van der Waals surface area contributed by atoms with Crippen molar-refractivity contribution in [2.45, 2.75) is 32.4 Å². The van der Waals surface area contributed by atoms with E-state index in [-0.39, 0.29) is 5.25 Å². The normalized spacial score (nSPS) is 12.0. The fourth-order valence-electron chi connectivity index (χ4n) is 1.39. The summed E-state index contributed by atoms with van der Waals surface area (Å²) in [5, 5.41) is -0.371. The van der Waals surface area contributed by atoms with Gasteiger partial charge in [-0.05, 0) is 38.3 Å². The van der Waals surface area contributed by atoms with Crippen molar-refractivity contribution in [1.82, 2.24) is 4.72 Å². The first-order chi connectivity index (χ1) is 7.43. The molecule has 0 fully saturated rings. The van der Waals surface area contributed by atoms with Crippen molar-refractivity contribution in [3.63, 3.8) is 0 Å². The molecule has 0 saturated carbocycles. The van der Waals surface area contributed by atoms with Crippen molar-refractivity contribution >= 4 is 10.0 Å². The minimum atomic E-state index is -3.13. The SMILES string of the molecule is Cc1ccccc1CCNS(=O)(=O)C(C)C. The van der Waals surface area contributed by atoms with Gasteiger partial charge in [-0.25, -0.2) is 13.1 Å². The van der Waals surface area contributed by atoms with Gasteiger partial charge in [0, 0.05) is 6.54 Å². The molecule has 3 nitrogen and oxygen atoms in total. The van der Waals surface area contributed by atoms with Crippen LogP contribution in [0.5, 0.6) is 0 Å². The standard InChI is InChI=1S/C12H19NO2S/c1-10(2)16(14,15)13-9-8-12-7-5-4-6-11(12)3/h4-7,10,13H,8-9H2,1-3H3. The molecule has 0 aliphatic rings. The highest BCUT2D eigenvalue weighted by atomic mass is 32.2. The molecular weight excluding hydrogens is 222 g/mol. The number of sulfonamides is 1. The van der Waals surface area contributed by atoms with Gasteiger partial charge in [-0.1, -0.05) is 24.3 Å². The van der Waals surface area contributed by atoms with Crippen LogP contribution >= 0.6 is 0 Å². The Hall–Kier alpha value is -0.870. The third-order valence-corrected chi connectivity index (χ3v) is 4.43. The van der Waals surface area contributed by atoms with Crippen LogP contribution in [0.1, 0.15) is 25.0 Å². The second-order valence-electron chi connectivity index (χ2n) is 4.16. The number of benzene rings is 1. The Morgan fingerprint density at radius 2 is 1.88 bits per heavy atom. The zero-order valence-electron chi connectivity index (χ0n) is 10.0. The average Bonchev–Trinajstić information content (AvgIpc) is 2.20. The Bertz CT molecular complexity index is 438. The molecule has 1 aromatic rings. The molecule has 0 bridgehead atoms. The molecule has 90 valence electrons. The summed E-state index contributed by atoms with van der Waals surface area (Å²) in [6.45, 7) is 5.85. The van der Waals surface area contributed by atoms with Crippen LogP contribution in [0.25, 0.3) is 0 Å². The second-order valence-corrected chi connectivity index (χ2v) is 6.49. The molecule has 0 aliphatic carbocycles. The Morgan fingerprint density at radius 3 is 2.44 bits per heavy atom. The van der Waals surface area contributed by atoms with Gasteiger partial charge in [0.25, 0.3) is 0 Å². The van der Waals surface area contributed by atoms with E-state index in [4.69, 9.17) is 0 Å². The van der Waals surface area contributed by atoms with Crippen LogP contribution in [0.3, 0.4) is 0 Å². The predicted octanol–water partition coefficient (Wildman–Crippen LogP) is 1.87. The molecule has 0 radical (unpaired) electrons. The van der Waals surface area contributed by atoms with Crippen molar-refractivity contribution < 1.29 is 8.42 Å². The smallest absolute Gasteiger partial charge is 0.213 e. The number of hydrogen-bond acceptors (Lipinski definition) is 2. The third-order valence-electron chi connectivity index (χ3n) is 2.58. The highest BCUT2D eigenvalue weighted by Gasteiger charge is 2.14. The summed E-state index contributed by atoms with van der Waals surface area (Å²) >= 11 is 0. The molecule has 16 heavy (non-hydrogen) atoms. The van der Waals surface area contributed by atoms with E-state index in [1.54, 1.807) is 13.8 Å². The lowest BCUT2D eigenvalue weighted by molar-refractivity contribution is 0.572. The van der Waals surface area contributed by atoms with E-state index in [0.717, 1.165) is 6.42 Å². The van der Waals surface area contributed by atoms with Crippen LogP contribution < -0.4 is 4.72 Å². The number of hydrogen-bond donors (Lipinski definition) is 1. The molecule has 1 aromatic carbocycles. The average molecular weight is 241 g/mol. The van der Waals surface area contributed by atoms with Gasteiger partial charge in [-0.15, -0.1) is 0 Å². The molecule has 0 aliphatic heterocycles. The number of nitrogens with one attached hydrogen (secondary N) is 1. The topological polar surface area (TPSA) is 46.2 Å². The fourth-order valence-corrected chi connectivity index (χ4v) is 2.11. The van der Waals surface area contributed by atoms with Gasteiger partial charge in [0.2, 0.25) is 10.0 Å². The summed E-state index contributed by atoms with van der Waals surface area (Å²) in [5.41, 5.74) is 2.39. The van der Waals surface area contributed by atoms with Crippen LogP contribution in [-0.2, 0) is 16.4 Å². The minimum Gasteiger partial charge on any atom is -0.215 e. The largest absolute Gasteiger partial charge is 0.215 e. The summed E-state index contributed by atoms with van der Waals surface area (Å²) in [6.07, 6.45) is 0.735. The van der Waals surface area contributed by atoms with Crippen molar-refractivity contribution in [3.8, 4) is 0 Å². The molecule has 0 aromatic heterocycles. The van der Waals surface area contributed by atoms with E-state index in [9.17, 15) is 8.42 Å².